The Labute approximate surface area is 143 Å². The van der Waals surface area contributed by atoms with E-state index < -0.39 is 0 Å². The molecule has 1 aliphatic carbocycles. The summed E-state index contributed by atoms with van der Waals surface area (Å²) in [6.45, 7) is 4.26. The molecule has 0 aliphatic heterocycles. The lowest BCUT2D eigenvalue weighted by Gasteiger charge is -2.39. The fourth-order valence-corrected chi connectivity index (χ4v) is 3.64. The quantitative estimate of drug-likeness (QED) is 0.843. The van der Waals surface area contributed by atoms with Crippen molar-refractivity contribution < 1.29 is 4.79 Å². The fraction of sp³-hybridized carbons (Fsp3) is 0.474. The van der Waals surface area contributed by atoms with Crippen LogP contribution in [0.25, 0.3) is 0 Å². The van der Waals surface area contributed by atoms with Gasteiger partial charge in [0, 0.05) is 24.6 Å². The van der Waals surface area contributed by atoms with Crippen LogP contribution in [0.2, 0.25) is 0 Å². The smallest absolute Gasteiger partial charge is 0.274 e. The van der Waals surface area contributed by atoms with E-state index in [2.05, 4.69) is 34.9 Å². The van der Waals surface area contributed by atoms with Gasteiger partial charge in [-0.2, -0.15) is 0 Å². The molecule has 5 nitrogen and oxygen atoms in total. The molecule has 2 heterocycles. The molecule has 1 amide bonds. The van der Waals surface area contributed by atoms with Crippen molar-refractivity contribution in [2.24, 2.45) is 0 Å². The van der Waals surface area contributed by atoms with Crippen LogP contribution in [0, 0.1) is 0 Å². The molecular weight excluding hydrogens is 300 g/mol. The zero-order valence-electron chi connectivity index (χ0n) is 14.4. The second-order valence-corrected chi connectivity index (χ2v) is 6.23. The van der Waals surface area contributed by atoms with Crippen LogP contribution in [0.5, 0.6) is 0 Å². The number of hydrogen-bond acceptors (Lipinski definition) is 4. The molecule has 0 saturated carbocycles. The number of amides is 1. The maximum atomic E-state index is 13.2. The number of fused-ring (bicyclic) bond motifs is 1. The minimum atomic E-state index is -0.0414. The molecule has 0 radical (unpaired) electrons. The summed E-state index contributed by atoms with van der Waals surface area (Å²) in [5.74, 6) is -0.0414. The molecule has 1 aliphatic rings. The summed E-state index contributed by atoms with van der Waals surface area (Å²) in [5.41, 5.74) is 2.72. The molecule has 24 heavy (non-hydrogen) atoms. The zero-order valence-corrected chi connectivity index (χ0v) is 14.4. The van der Waals surface area contributed by atoms with Gasteiger partial charge in [0.15, 0.2) is 0 Å². The molecule has 2 aromatic heterocycles. The second-order valence-electron chi connectivity index (χ2n) is 6.23. The second kappa shape index (κ2) is 7.51. The van der Waals surface area contributed by atoms with Crippen molar-refractivity contribution in [3.8, 4) is 0 Å². The van der Waals surface area contributed by atoms with Crippen LogP contribution < -0.4 is 0 Å². The highest BCUT2D eigenvalue weighted by atomic mass is 16.2. The van der Waals surface area contributed by atoms with Gasteiger partial charge in [0.1, 0.15) is 5.69 Å². The lowest BCUT2D eigenvalue weighted by atomic mass is 9.89. The molecule has 0 fully saturated rings. The molecule has 5 heteroatoms. The van der Waals surface area contributed by atoms with Crippen LogP contribution in [-0.4, -0.2) is 31.8 Å². The van der Waals surface area contributed by atoms with E-state index >= 15 is 0 Å². The number of carbonyl (C=O) groups excluding carboxylic acids is 1. The van der Waals surface area contributed by atoms with Gasteiger partial charge in [0.2, 0.25) is 0 Å². The normalized spacial score (nSPS) is 16.7. The van der Waals surface area contributed by atoms with E-state index in [0.29, 0.717) is 5.69 Å². The van der Waals surface area contributed by atoms with E-state index in [1.807, 2.05) is 17.2 Å². The van der Waals surface area contributed by atoms with Crippen LogP contribution in [0.15, 0.2) is 36.9 Å². The topological polar surface area (TPSA) is 59.0 Å². The molecule has 0 N–H and O–H groups in total. The molecule has 0 saturated heterocycles. The van der Waals surface area contributed by atoms with Crippen molar-refractivity contribution in [3.05, 3.63) is 53.9 Å². The minimum Gasteiger partial charge on any atom is -0.326 e. The van der Waals surface area contributed by atoms with Gasteiger partial charge in [0.25, 0.3) is 5.91 Å². The monoisotopic (exact) mass is 324 g/mol. The Morgan fingerprint density at radius 2 is 2.08 bits per heavy atom. The number of rotatable bonds is 5. The fourth-order valence-electron chi connectivity index (χ4n) is 3.64. The highest BCUT2D eigenvalue weighted by molar-refractivity contribution is 5.92. The molecule has 1 atom stereocenters. The van der Waals surface area contributed by atoms with E-state index in [4.69, 9.17) is 0 Å². The summed E-state index contributed by atoms with van der Waals surface area (Å²) in [7, 11) is 0. The first-order valence-electron chi connectivity index (χ1n) is 8.78. The van der Waals surface area contributed by atoms with Crippen LogP contribution in [0.1, 0.15) is 67.3 Å². The third-order valence-electron chi connectivity index (χ3n) is 4.85. The molecule has 2 aromatic rings. The zero-order chi connectivity index (χ0) is 16.9. The highest BCUT2D eigenvalue weighted by Gasteiger charge is 2.34. The average Bonchev–Trinajstić information content (AvgIpc) is 2.66. The summed E-state index contributed by atoms with van der Waals surface area (Å²) in [4.78, 5) is 28.1. The number of carbonyl (C=O) groups is 1. The number of pyridine rings is 1. The van der Waals surface area contributed by atoms with Gasteiger partial charge in [-0.1, -0.05) is 19.9 Å². The van der Waals surface area contributed by atoms with Crippen LogP contribution in [0.4, 0.5) is 0 Å². The first-order valence-corrected chi connectivity index (χ1v) is 8.78. The summed E-state index contributed by atoms with van der Waals surface area (Å²) in [5, 5.41) is 0. The van der Waals surface area contributed by atoms with E-state index in [-0.39, 0.29) is 18.0 Å². The Hall–Kier alpha value is -2.30. The summed E-state index contributed by atoms with van der Waals surface area (Å²) in [6, 6.07) is 4.31. The van der Waals surface area contributed by atoms with Crippen LogP contribution in [0.3, 0.4) is 0 Å². The Bertz CT molecular complexity index is 685. The van der Waals surface area contributed by atoms with E-state index in [1.54, 1.807) is 18.6 Å². The third-order valence-corrected chi connectivity index (χ3v) is 4.85. The number of aryl methyl sites for hydroxylation is 1. The molecule has 0 aromatic carbocycles. The number of nitrogens with zero attached hydrogens (tertiary/aromatic N) is 4. The van der Waals surface area contributed by atoms with Crippen LogP contribution in [-0.2, 0) is 6.42 Å². The molecule has 3 rings (SSSR count). The average molecular weight is 324 g/mol. The van der Waals surface area contributed by atoms with Crippen molar-refractivity contribution in [1.82, 2.24) is 19.9 Å². The predicted octanol–water partition coefficient (Wildman–Crippen LogP) is 3.58. The van der Waals surface area contributed by atoms with Gasteiger partial charge in [-0.3, -0.25) is 14.8 Å². The third kappa shape index (κ3) is 3.16. The van der Waals surface area contributed by atoms with Gasteiger partial charge in [-0.05, 0) is 43.7 Å². The Morgan fingerprint density at radius 1 is 1.25 bits per heavy atom. The molecule has 0 spiro atoms. The van der Waals surface area contributed by atoms with Gasteiger partial charge in [-0.15, -0.1) is 0 Å². The van der Waals surface area contributed by atoms with Gasteiger partial charge < -0.3 is 4.90 Å². The van der Waals surface area contributed by atoms with E-state index in [9.17, 15) is 4.79 Å². The number of aromatic nitrogens is 3. The first-order chi connectivity index (χ1) is 11.8. The predicted molar refractivity (Wildman–Crippen MR) is 92.5 cm³/mol. The van der Waals surface area contributed by atoms with Crippen molar-refractivity contribution in [2.75, 3.05) is 0 Å². The van der Waals surface area contributed by atoms with Crippen LogP contribution >= 0.6 is 0 Å². The van der Waals surface area contributed by atoms with Gasteiger partial charge in [-0.25, -0.2) is 4.98 Å². The van der Waals surface area contributed by atoms with Gasteiger partial charge >= 0.3 is 0 Å². The first kappa shape index (κ1) is 16.6. The summed E-state index contributed by atoms with van der Waals surface area (Å²) >= 11 is 0. The Kier molecular flexibility index (Phi) is 5.18. The standard InChI is InChI=1S/C19H24N4O/c1-3-15(4-2)23(19(24)16-13-20-11-12-21-16)17-9-5-7-14-8-6-10-22-18(14)17/h6,8,10-13,15,17H,3-5,7,9H2,1-2H3. The van der Waals surface area contributed by atoms with E-state index in [1.165, 1.54) is 5.56 Å². The molecule has 1 unspecified atom stereocenters. The summed E-state index contributed by atoms with van der Waals surface area (Å²) < 4.78 is 0. The lowest BCUT2D eigenvalue weighted by Crippen LogP contribution is -2.44. The SMILES string of the molecule is CCC(CC)N(C(=O)c1cnccn1)C1CCCc2cccnc21. The van der Waals surface area contributed by atoms with E-state index in [0.717, 1.165) is 37.8 Å². The van der Waals surface area contributed by atoms with Crippen molar-refractivity contribution >= 4 is 5.91 Å². The molecular formula is C19H24N4O. The van der Waals surface area contributed by atoms with Crippen molar-refractivity contribution in [1.29, 1.82) is 0 Å². The molecule has 126 valence electrons. The maximum absolute atomic E-state index is 13.2. The largest absolute Gasteiger partial charge is 0.326 e. The van der Waals surface area contributed by atoms with Crippen molar-refractivity contribution in [3.63, 3.8) is 0 Å². The highest BCUT2D eigenvalue weighted by Crippen LogP contribution is 2.35. The minimum absolute atomic E-state index is 0.0226. The lowest BCUT2D eigenvalue weighted by molar-refractivity contribution is 0.0513. The Morgan fingerprint density at radius 3 is 2.79 bits per heavy atom. The maximum Gasteiger partial charge on any atom is 0.274 e. The van der Waals surface area contributed by atoms with Gasteiger partial charge in [0.05, 0.1) is 17.9 Å². The Balaban J connectivity index is 2.02. The molecule has 0 bridgehead atoms. The van der Waals surface area contributed by atoms with Crippen molar-refractivity contribution in [2.45, 2.75) is 58.0 Å². The number of hydrogen-bond donors (Lipinski definition) is 0. The summed E-state index contributed by atoms with van der Waals surface area (Å²) in [6.07, 6.45) is 11.5.